The molecule has 0 bridgehead atoms. The number of nitrogens with zero attached hydrogens (tertiary/aromatic N) is 2. The van der Waals surface area contributed by atoms with E-state index in [9.17, 15) is 5.11 Å². The summed E-state index contributed by atoms with van der Waals surface area (Å²) in [5, 5.41) is 11.5. The Morgan fingerprint density at radius 2 is 1.67 bits per heavy atom. The van der Waals surface area contributed by atoms with Crippen LogP contribution in [0, 0.1) is 13.8 Å². The first-order valence-electron chi connectivity index (χ1n) is 7.10. The van der Waals surface area contributed by atoms with Crippen molar-refractivity contribution in [1.82, 2.24) is 9.97 Å². The van der Waals surface area contributed by atoms with Crippen LogP contribution < -0.4 is 0 Å². The minimum atomic E-state index is -0.556. The summed E-state index contributed by atoms with van der Waals surface area (Å²) in [6, 6.07) is 15.9. The predicted octanol–water partition coefficient (Wildman–Crippen LogP) is 3.52. The number of aliphatic hydroxyl groups is 1. The number of para-hydroxylation sites is 1. The van der Waals surface area contributed by atoms with Crippen molar-refractivity contribution >= 4 is 10.9 Å². The minimum absolute atomic E-state index is 0.508. The van der Waals surface area contributed by atoms with Gasteiger partial charge >= 0.3 is 0 Å². The largest absolute Gasteiger partial charge is 0.388 e. The monoisotopic (exact) mass is 278 g/mol. The second-order valence-corrected chi connectivity index (χ2v) is 5.40. The third kappa shape index (κ3) is 3.09. The van der Waals surface area contributed by atoms with Gasteiger partial charge in [-0.25, -0.2) is 0 Å². The molecule has 0 amide bonds. The highest BCUT2D eigenvalue weighted by Gasteiger charge is 2.11. The standard InChI is InChI=1S/C18H18N2O/c1-12-9-15(10-13(2)19-12)18(21)11-16-8-7-14-5-3-4-6-17(14)20-16/h3-10,18,21H,11H2,1-2H3. The lowest BCUT2D eigenvalue weighted by Gasteiger charge is -2.12. The van der Waals surface area contributed by atoms with Crippen LogP contribution in [-0.2, 0) is 6.42 Å². The van der Waals surface area contributed by atoms with Crippen molar-refractivity contribution < 1.29 is 5.11 Å². The molecule has 3 aromatic rings. The van der Waals surface area contributed by atoms with Gasteiger partial charge in [-0.1, -0.05) is 24.3 Å². The Labute approximate surface area is 124 Å². The lowest BCUT2D eigenvalue weighted by Crippen LogP contribution is -2.05. The van der Waals surface area contributed by atoms with Gasteiger partial charge in [-0.3, -0.25) is 9.97 Å². The molecule has 3 rings (SSSR count). The van der Waals surface area contributed by atoms with E-state index in [0.29, 0.717) is 6.42 Å². The van der Waals surface area contributed by atoms with E-state index in [1.807, 2.05) is 62.4 Å². The molecular weight excluding hydrogens is 260 g/mol. The molecule has 0 aliphatic carbocycles. The molecular formula is C18H18N2O. The van der Waals surface area contributed by atoms with Crippen molar-refractivity contribution in [2.45, 2.75) is 26.4 Å². The van der Waals surface area contributed by atoms with Gasteiger partial charge in [0.05, 0.1) is 11.6 Å². The summed E-state index contributed by atoms with van der Waals surface area (Å²) >= 11 is 0. The third-order valence-corrected chi connectivity index (χ3v) is 3.55. The lowest BCUT2D eigenvalue weighted by atomic mass is 10.0. The Morgan fingerprint density at radius 1 is 0.952 bits per heavy atom. The van der Waals surface area contributed by atoms with E-state index in [0.717, 1.165) is 33.5 Å². The van der Waals surface area contributed by atoms with Crippen LogP contribution in [0.4, 0.5) is 0 Å². The topological polar surface area (TPSA) is 46.0 Å². The molecule has 0 aliphatic rings. The number of pyridine rings is 2. The molecule has 21 heavy (non-hydrogen) atoms. The summed E-state index contributed by atoms with van der Waals surface area (Å²) in [4.78, 5) is 8.95. The fraction of sp³-hybridized carbons (Fsp3) is 0.222. The van der Waals surface area contributed by atoms with Crippen molar-refractivity contribution in [3.05, 3.63) is 71.2 Å². The highest BCUT2D eigenvalue weighted by Crippen LogP contribution is 2.20. The van der Waals surface area contributed by atoms with Gasteiger partial charge in [-0.05, 0) is 43.7 Å². The molecule has 0 spiro atoms. The maximum Gasteiger partial charge on any atom is 0.0846 e. The summed E-state index contributed by atoms with van der Waals surface area (Å²) < 4.78 is 0. The summed E-state index contributed by atoms with van der Waals surface area (Å²) in [6.07, 6.45) is -0.0488. The van der Waals surface area contributed by atoms with Gasteiger partial charge in [0.1, 0.15) is 0 Å². The summed E-state index contributed by atoms with van der Waals surface area (Å²) in [5.41, 5.74) is 4.61. The number of hydrogen-bond acceptors (Lipinski definition) is 3. The molecule has 3 nitrogen and oxygen atoms in total. The van der Waals surface area contributed by atoms with Crippen LogP contribution in [-0.4, -0.2) is 15.1 Å². The van der Waals surface area contributed by atoms with Crippen LogP contribution in [0.2, 0.25) is 0 Å². The quantitative estimate of drug-likeness (QED) is 0.797. The van der Waals surface area contributed by atoms with Gasteiger partial charge in [0.25, 0.3) is 0 Å². The van der Waals surface area contributed by atoms with Crippen LogP contribution >= 0.6 is 0 Å². The predicted molar refractivity (Wildman–Crippen MR) is 84.1 cm³/mol. The van der Waals surface area contributed by atoms with E-state index in [1.165, 1.54) is 0 Å². The molecule has 0 radical (unpaired) electrons. The van der Waals surface area contributed by atoms with E-state index in [1.54, 1.807) is 0 Å². The zero-order valence-electron chi connectivity index (χ0n) is 12.2. The molecule has 3 heteroatoms. The fourth-order valence-electron chi connectivity index (χ4n) is 2.60. The van der Waals surface area contributed by atoms with Crippen LogP contribution in [0.25, 0.3) is 10.9 Å². The Bertz CT molecular complexity index is 763. The summed E-state index contributed by atoms with van der Waals surface area (Å²) in [5.74, 6) is 0. The SMILES string of the molecule is Cc1cc(C(O)Cc2ccc3ccccc3n2)cc(C)n1. The van der Waals surface area contributed by atoms with Crippen LogP contribution in [0.1, 0.15) is 28.7 Å². The van der Waals surface area contributed by atoms with E-state index in [4.69, 9.17) is 0 Å². The van der Waals surface area contributed by atoms with Gasteiger partial charge < -0.3 is 5.11 Å². The first kappa shape index (κ1) is 13.7. The molecule has 106 valence electrons. The maximum atomic E-state index is 10.4. The van der Waals surface area contributed by atoms with Gasteiger partial charge in [-0.15, -0.1) is 0 Å². The fourth-order valence-corrected chi connectivity index (χ4v) is 2.60. The number of aliphatic hydroxyl groups excluding tert-OH is 1. The summed E-state index contributed by atoms with van der Waals surface area (Å²) in [7, 11) is 0. The summed E-state index contributed by atoms with van der Waals surface area (Å²) in [6.45, 7) is 3.88. The zero-order chi connectivity index (χ0) is 14.8. The molecule has 1 N–H and O–H groups in total. The van der Waals surface area contributed by atoms with Crippen molar-refractivity contribution in [2.24, 2.45) is 0 Å². The maximum absolute atomic E-state index is 10.4. The molecule has 1 unspecified atom stereocenters. The van der Waals surface area contributed by atoms with Gasteiger partial charge in [0.2, 0.25) is 0 Å². The zero-order valence-corrected chi connectivity index (χ0v) is 12.2. The van der Waals surface area contributed by atoms with Gasteiger partial charge in [0, 0.05) is 28.9 Å². The molecule has 0 aliphatic heterocycles. The van der Waals surface area contributed by atoms with E-state index in [-0.39, 0.29) is 0 Å². The number of aryl methyl sites for hydroxylation is 2. The normalized spacial score (nSPS) is 12.5. The van der Waals surface area contributed by atoms with E-state index >= 15 is 0 Å². The van der Waals surface area contributed by atoms with Crippen LogP contribution in [0.15, 0.2) is 48.5 Å². The molecule has 2 heterocycles. The lowest BCUT2D eigenvalue weighted by molar-refractivity contribution is 0.177. The Morgan fingerprint density at radius 3 is 2.43 bits per heavy atom. The number of aromatic nitrogens is 2. The van der Waals surface area contributed by atoms with Crippen molar-refractivity contribution in [3.8, 4) is 0 Å². The molecule has 1 aromatic carbocycles. The van der Waals surface area contributed by atoms with E-state index < -0.39 is 6.10 Å². The second kappa shape index (κ2) is 5.62. The average molecular weight is 278 g/mol. The molecule has 0 fully saturated rings. The van der Waals surface area contributed by atoms with Crippen molar-refractivity contribution in [1.29, 1.82) is 0 Å². The van der Waals surface area contributed by atoms with Crippen LogP contribution in [0.3, 0.4) is 0 Å². The molecule has 0 saturated heterocycles. The first-order chi connectivity index (χ1) is 10.1. The first-order valence-corrected chi connectivity index (χ1v) is 7.10. The van der Waals surface area contributed by atoms with Gasteiger partial charge in [0.15, 0.2) is 0 Å². The Kier molecular flexibility index (Phi) is 3.67. The molecule has 2 aromatic heterocycles. The average Bonchev–Trinajstić information content (AvgIpc) is 2.46. The van der Waals surface area contributed by atoms with Crippen molar-refractivity contribution in [3.63, 3.8) is 0 Å². The number of fused-ring (bicyclic) bond motifs is 1. The molecule has 0 saturated carbocycles. The second-order valence-electron chi connectivity index (χ2n) is 5.40. The number of hydrogen-bond donors (Lipinski definition) is 1. The van der Waals surface area contributed by atoms with Crippen LogP contribution in [0.5, 0.6) is 0 Å². The van der Waals surface area contributed by atoms with Crippen molar-refractivity contribution in [2.75, 3.05) is 0 Å². The number of benzene rings is 1. The molecule has 1 atom stereocenters. The Hall–Kier alpha value is -2.26. The highest BCUT2D eigenvalue weighted by molar-refractivity contribution is 5.78. The van der Waals surface area contributed by atoms with Gasteiger partial charge in [-0.2, -0.15) is 0 Å². The smallest absolute Gasteiger partial charge is 0.0846 e. The number of rotatable bonds is 3. The Balaban J connectivity index is 1.86. The van der Waals surface area contributed by atoms with E-state index in [2.05, 4.69) is 9.97 Å². The highest BCUT2D eigenvalue weighted by atomic mass is 16.3. The minimum Gasteiger partial charge on any atom is -0.388 e. The third-order valence-electron chi connectivity index (χ3n) is 3.55.